The Morgan fingerprint density at radius 1 is 1.63 bits per heavy atom. The number of anilines is 1. The molecule has 7 heteroatoms. The third kappa shape index (κ3) is 4.46. The molecule has 2 N–H and O–H groups in total. The quantitative estimate of drug-likeness (QED) is 0.733. The van der Waals surface area contributed by atoms with Crippen LogP contribution in [0.3, 0.4) is 0 Å². The summed E-state index contributed by atoms with van der Waals surface area (Å²) in [6, 6.07) is 0. The molecule has 0 aromatic carbocycles. The second-order valence-corrected chi connectivity index (χ2v) is 3.73. The summed E-state index contributed by atoms with van der Waals surface area (Å²) >= 11 is 0. The standard InChI is InChI=1S/C12H17N3O4/c1-3-7-19-12(18)14-9-8-13-15(4-2)10(9)5-6-11(16)17/h3,8H,1,4-7H2,2H3,(H,14,18)(H,16,17). The van der Waals surface area contributed by atoms with E-state index in [0.717, 1.165) is 0 Å². The highest BCUT2D eigenvalue weighted by atomic mass is 16.5. The molecule has 0 bridgehead atoms. The summed E-state index contributed by atoms with van der Waals surface area (Å²) < 4.78 is 6.44. The number of hydrogen-bond donors (Lipinski definition) is 2. The molecule has 1 amide bonds. The van der Waals surface area contributed by atoms with Gasteiger partial charge in [0, 0.05) is 13.0 Å². The second kappa shape index (κ2) is 7.20. The lowest BCUT2D eigenvalue weighted by molar-refractivity contribution is -0.136. The van der Waals surface area contributed by atoms with Crippen molar-refractivity contribution in [2.75, 3.05) is 11.9 Å². The van der Waals surface area contributed by atoms with E-state index in [-0.39, 0.29) is 13.0 Å². The van der Waals surface area contributed by atoms with Crippen molar-refractivity contribution >= 4 is 17.7 Å². The van der Waals surface area contributed by atoms with Gasteiger partial charge in [0.25, 0.3) is 0 Å². The first-order valence-corrected chi connectivity index (χ1v) is 5.89. The Hall–Kier alpha value is -2.31. The number of amides is 1. The summed E-state index contributed by atoms with van der Waals surface area (Å²) in [5, 5.41) is 15.3. The number of carboxylic acids is 1. The van der Waals surface area contributed by atoms with Crippen molar-refractivity contribution in [3.05, 3.63) is 24.5 Å². The average Bonchev–Trinajstić information content (AvgIpc) is 2.75. The lowest BCUT2D eigenvalue weighted by Crippen LogP contribution is -2.15. The van der Waals surface area contributed by atoms with Gasteiger partial charge in [-0.3, -0.25) is 14.8 Å². The zero-order valence-electron chi connectivity index (χ0n) is 10.8. The fourth-order valence-electron chi connectivity index (χ4n) is 1.56. The van der Waals surface area contributed by atoms with E-state index in [1.165, 1.54) is 12.3 Å². The van der Waals surface area contributed by atoms with Crippen LogP contribution in [0.1, 0.15) is 19.0 Å². The molecule has 1 aromatic rings. The van der Waals surface area contributed by atoms with E-state index in [4.69, 9.17) is 9.84 Å². The Morgan fingerprint density at radius 3 is 2.95 bits per heavy atom. The number of ether oxygens (including phenoxy) is 1. The number of aromatic nitrogens is 2. The maximum Gasteiger partial charge on any atom is 0.412 e. The van der Waals surface area contributed by atoms with E-state index in [1.54, 1.807) is 4.68 Å². The number of aryl methyl sites for hydroxylation is 1. The van der Waals surface area contributed by atoms with E-state index >= 15 is 0 Å². The largest absolute Gasteiger partial charge is 0.481 e. The van der Waals surface area contributed by atoms with E-state index in [0.29, 0.717) is 24.3 Å². The monoisotopic (exact) mass is 267 g/mol. The molecule has 0 saturated heterocycles. The molecule has 7 nitrogen and oxygen atoms in total. The molecule has 19 heavy (non-hydrogen) atoms. The third-order valence-corrected chi connectivity index (χ3v) is 2.39. The van der Waals surface area contributed by atoms with Crippen LogP contribution in [-0.2, 0) is 22.5 Å². The first-order chi connectivity index (χ1) is 9.08. The van der Waals surface area contributed by atoms with Crippen LogP contribution in [0, 0.1) is 0 Å². The Bertz CT molecular complexity index is 468. The molecule has 1 aromatic heterocycles. The number of carboxylic acid groups (broad SMARTS) is 1. The fraction of sp³-hybridized carbons (Fsp3) is 0.417. The zero-order chi connectivity index (χ0) is 14.3. The molecule has 0 spiro atoms. The van der Waals surface area contributed by atoms with Crippen LogP contribution >= 0.6 is 0 Å². The predicted octanol–water partition coefficient (Wildman–Crippen LogP) is 1.65. The van der Waals surface area contributed by atoms with Gasteiger partial charge in [-0.1, -0.05) is 12.7 Å². The molecular weight excluding hydrogens is 250 g/mol. The van der Waals surface area contributed by atoms with Gasteiger partial charge >= 0.3 is 12.1 Å². The second-order valence-electron chi connectivity index (χ2n) is 3.73. The van der Waals surface area contributed by atoms with Crippen molar-refractivity contribution in [2.45, 2.75) is 26.3 Å². The molecule has 0 radical (unpaired) electrons. The highest BCUT2D eigenvalue weighted by Gasteiger charge is 2.14. The number of nitrogens with zero attached hydrogens (tertiary/aromatic N) is 2. The van der Waals surface area contributed by atoms with Crippen LogP contribution in [0.25, 0.3) is 0 Å². The van der Waals surface area contributed by atoms with E-state index in [1.807, 2.05) is 6.92 Å². The first-order valence-electron chi connectivity index (χ1n) is 5.89. The molecule has 0 saturated carbocycles. The van der Waals surface area contributed by atoms with Crippen molar-refractivity contribution in [2.24, 2.45) is 0 Å². The molecule has 1 heterocycles. The molecule has 1 rings (SSSR count). The van der Waals surface area contributed by atoms with Gasteiger partial charge in [-0.05, 0) is 6.92 Å². The summed E-state index contributed by atoms with van der Waals surface area (Å²) in [7, 11) is 0. The minimum Gasteiger partial charge on any atom is -0.481 e. The smallest absolute Gasteiger partial charge is 0.412 e. The van der Waals surface area contributed by atoms with Gasteiger partial charge in [0.05, 0.1) is 24.0 Å². The summed E-state index contributed by atoms with van der Waals surface area (Å²) in [6.07, 6.45) is 2.59. The lowest BCUT2D eigenvalue weighted by atomic mass is 10.2. The first kappa shape index (κ1) is 14.7. The van der Waals surface area contributed by atoms with E-state index in [2.05, 4.69) is 17.0 Å². The Morgan fingerprint density at radius 2 is 2.37 bits per heavy atom. The highest BCUT2D eigenvalue weighted by Crippen LogP contribution is 2.17. The van der Waals surface area contributed by atoms with Gasteiger partial charge in [-0.15, -0.1) is 0 Å². The summed E-state index contributed by atoms with van der Waals surface area (Å²) in [6.45, 7) is 6.03. The summed E-state index contributed by atoms with van der Waals surface area (Å²) in [5.41, 5.74) is 1.14. The van der Waals surface area contributed by atoms with E-state index in [9.17, 15) is 9.59 Å². The van der Waals surface area contributed by atoms with Crippen molar-refractivity contribution in [1.82, 2.24) is 9.78 Å². The Balaban J connectivity index is 2.76. The summed E-state index contributed by atoms with van der Waals surface area (Å²) in [5.74, 6) is -0.899. The molecule has 104 valence electrons. The van der Waals surface area contributed by atoms with Gasteiger partial charge in [-0.2, -0.15) is 5.10 Å². The topological polar surface area (TPSA) is 93.5 Å². The van der Waals surface area contributed by atoms with Gasteiger partial charge in [0.2, 0.25) is 0 Å². The van der Waals surface area contributed by atoms with Crippen molar-refractivity contribution < 1.29 is 19.4 Å². The number of nitrogens with one attached hydrogen (secondary N) is 1. The minimum absolute atomic E-state index is 0.0257. The van der Waals surface area contributed by atoms with Crippen LogP contribution < -0.4 is 5.32 Å². The van der Waals surface area contributed by atoms with Crippen molar-refractivity contribution in [3.63, 3.8) is 0 Å². The van der Waals surface area contributed by atoms with E-state index < -0.39 is 12.1 Å². The van der Waals surface area contributed by atoms with Gasteiger partial charge in [0.15, 0.2) is 0 Å². The molecule has 0 unspecified atom stereocenters. The average molecular weight is 267 g/mol. The number of carbonyl (C=O) groups is 2. The van der Waals surface area contributed by atoms with Gasteiger partial charge in [-0.25, -0.2) is 4.79 Å². The van der Waals surface area contributed by atoms with Crippen LogP contribution in [0.15, 0.2) is 18.9 Å². The maximum absolute atomic E-state index is 11.4. The molecular formula is C12H17N3O4. The van der Waals surface area contributed by atoms with Crippen molar-refractivity contribution in [3.8, 4) is 0 Å². The SMILES string of the molecule is C=CCOC(=O)Nc1cnn(CC)c1CCC(=O)O. The highest BCUT2D eigenvalue weighted by molar-refractivity contribution is 5.85. The van der Waals surface area contributed by atoms with Crippen LogP contribution in [0.5, 0.6) is 0 Å². The predicted molar refractivity (Wildman–Crippen MR) is 69.0 cm³/mol. The van der Waals surface area contributed by atoms with Crippen LogP contribution in [0.4, 0.5) is 10.5 Å². The van der Waals surface area contributed by atoms with Crippen molar-refractivity contribution in [1.29, 1.82) is 0 Å². The van der Waals surface area contributed by atoms with Crippen LogP contribution in [0.2, 0.25) is 0 Å². The Kier molecular flexibility index (Phi) is 5.59. The number of rotatable bonds is 7. The normalized spacial score (nSPS) is 9.95. The molecule has 0 fully saturated rings. The lowest BCUT2D eigenvalue weighted by Gasteiger charge is -2.08. The third-order valence-electron chi connectivity index (χ3n) is 2.39. The Labute approximate surface area is 110 Å². The maximum atomic E-state index is 11.4. The number of aliphatic carboxylic acids is 1. The molecule has 0 aliphatic carbocycles. The molecule has 0 aliphatic rings. The fourth-order valence-corrected chi connectivity index (χ4v) is 1.56. The minimum atomic E-state index is -0.899. The van der Waals surface area contributed by atoms with Crippen LogP contribution in [-0.4, -0.2) is 33.6 Å². The molecule has 0 atom stereocenters. The zero-order valence-corrected chi connectivity index (χ0v) is 10.8. The van der Waals surface area contributed by atoms with Gasteiger partial charge < -0.3 is 9.84 Å². The van der Waals surface area contributed by atoms with Gasteiger partial charge in [0.1, 0.15) is 6.61 Å². The summed E-state index contributed by atoms with van der Waals surface area (Å²) in [4.78, 5) is 22.0. The number of hydrogen-bond acceptors (Lipinski definition) is 4. The molecule has 0 aliphatic heterocycles. The number of carbonyl (C=O) groups excluding carboxylic acids is 1.